The first-order chi connectivity index (χ1) is 7.17. The molecule has 0 unspecified atom stereocenters. The van der Waals surface area contributed by atoms with Gasteiger partial charge in [0, 0.05) is 6.04 Å². The van der Waals surface area contributed by atoms with Gasteiger partial charge in [-0.1, -0.05) is 6.92 Å². The van der Waals surface area contributed by atoms with Gasteiger partial charge in [0.25, 0.3) is 0 Å². The second-order valence-corrected chi connectivity index (χ2v) is 4.06. The zero-order valence-electron chi connectivity index (χ0n) is 10.2. The molecule has 0 saturated carbocycles. The number of rotatable bonds is 6. The molecular formula is C12H22N2O. The van der Waals surface area contributed by atoms with Gasteiger partial charge >= 0.3 is 0 Å². The fourth-order valence-electron chi connectivity index (χ4n) is 1.64. The molecule has 0 spiro atoms. The third kappa shape index (κ3) is 3.68. The van der Waals surface area contributed by atoms with Crippen LogP contribution in [0.25, 0.3) is 0 Å². The molecule has 0 aromatic carbocycles. The Morgan fingerprint density at radius 1 is 1.33 bits per heavy atom. The molecule has 3 heteroatoms. The lowest BCUT2D eigenvalue weighted by Gasteiger charge is -2.23. The lowest BCUT2D eigenvalue weighted by molar-refractivity contribution is 0.205. The normalized spacial score (nSPS) is 11.6. The molecule has 0 fully saturated rings. The van der Waals surface area contributed by atoms with E-state index in [9.17, 15) is 0 Å². The summed E-state index contributed by atoms with van der Waals surface area (Å²) in [4.78, 5) is 2.38. The van der Waals surface area contributed by atoms with E-state index in [2.05, 4.69) is 37.1 Å². The highest BCUT2D eigenvalue weighted by Gasteiger charge is 2.10. The minimum atomic E-state index is 0.563. The van der Waals surface area contributed by atoms with Crippen LogP contribution in [-0.4, -0.2) is 24.5 Å². The molecule has 3 nitrogen and oxygen atoms in total. The van der Waals surface area contributed by atoms with Crippen LogP contribution in [0.2, 0.25) is 0 Å². The lowest BCUT2D eigenvalue weighted by Crippen LogP contribution is -2.29. The van der Waals surface area contributed by atoms with Crippen LogP contribution >= 0.6 is 0 Å². The van der Waals surface area contributed by atoms with E-state index >= 15 is 0 Å². The zero-order chi connectivity index (χ0) is 11.3. The van der Waals surface area contributed by atoms with Crippen molar-refractivity contribution >= 4 is 0 Å². The van der Waals surface area contributed by atoms with Crippen molar-refractivity contribution in [1.82, 2.24) is 10.2 Å². The van der Waals surface area contributed by atoms with Crippen molar-refractivity contribution in [2.24, 2.45) is 0 Å². The van der Waals surface area contributed by atoms with Crippen molar-refractivity contribution in [3.8, 4) is 0 Å². The van der Waals surface area contributed by atoms with Crippen LogP contribution in [0.3, 0.4) is 0 Å². The molecule has 86 valence electrons. The SMILES string of the molecule is CCN(Cc1ccc(CNC)o1)C(C)C. The highest BCUT2D eigenvalue weighted by Crippen LogP contribution is 2.12. The van der Waals surface area contributed by atoms with Crippen LogP contribution in [0.5, 0.6) is 0 Å². The molecule has 0 saturated heterocycles. The van der Waals surface area contributed by atoms with E-state index in [0.717, 1.165) is 31.2 Å². The average Bonchev–Trinajstić information content (AvgIpc) is 2.62. The summed E-state index contributed by atoms with van der Waals surface area (Å²) in [5.41, 5.74) is 0. The van der Waals surface area contributed by atoms with E-state index in [4.69, 9.17) is 4.42 Å². The van der Waals surface area contributed by atoms with E-state index in [0.29, 0.717) is 6.04 Å². The van der Waals surface area contributed by atoms with Crippen molar-refractivity contribution < 1.29 is 4.42 Å². The highest BCUT2D eigenvalue weighted by atomic mass is 16.3. The summed E-state index contributed by atoms with van der Waals surface area (Å²) in [5, 5.41) is 3.08. The third-order valence-corrected chi connectivity index (χ3v) is 2.56. The molecule has 1 N–H and O–H groups in total. The first kappa shape index (κ1) is 12.3. The summed E-state index contributed by atoms with van der Waals surface area (Å²) in [6, 6.07) is 4.67. The Balaban J connectivity index is 2.55. The van der Waals surface area contributed by atoms with Gasteiger partial charge < -0.3 is 9.73 Å². The van der Waals surface area contributed by atoms with Crippen LogP contribution in [0.1, 0.15) is 32.3 Å². The Labute approximate surface area is 92.5 Å². The molecule has 0 aliphatic rings. The lowest BCUT2D eigenvalue weighted by atomic mass is 10.3. The summed E-state index contributed by atoms with van der Waals surface area (Å²) >= 11 is 0. The number of nitrogens with zero attached hydrogens (tertiary/aromatic N) is 1. The number of hydrogen-bond donors (Lipinski definition) is 1. The van der Waals surface area contributed by atoms with Crippen molar-refractivity contribution in [3.05, 3.63) is 23.7 Å². The summed E-state index contributed by atoms with van der Waals surface area (Å²) < 4.78 is 5.70. The van der Waals surface area contributed by atoms with Crippen molar-refractivity contribution in [3.63, 3.8) is 0 Å². The molecule has 15 heavy (non-hydrogen) atoms. The van der Waals surface area contributed by atoms with Crippen molar-refractivity contribution in [2.45, 2.75) is 39.9 Å². The van der Waals surface area contributed by atoms with Gasteiger partial charge in [-0.15, -0.1) is 0 Å². The Kier molecular flexibility index (Phi) is 4.85. The second kappa shape index (κ2) is 5.93. The third-order valence-electron chi connectivity index (χ3n) is 2.56. The molecule has 0 aliphatic heterocycles. The molecule has 0 bridgehead atoms. The summed E-state index contributed by atoms with van der Waals surface area (Å²) in [5.74, 6) is 2.06. The Bertz CT molecular complexity index is 281. The van der Waals surface area contributed by atoms with E-state index in [1.165, 1.54) is 0 Å². The van der Waals surface area contributed by atoms with Gasteiger partial charge in [-0.3, -0.25) is 4.90 Å². The van der Waals surface area contributed by atoms with Gasteiger partial charge in [-0.05, 0) is 39.6 Å². The molecular weight excluding hydrogens is 188 g/mol. The largest absolute Gasteiger partial charge is 0.463 e. The van der Waals surface area contributed by atoms with Crippen molar-refractivity contribution in [1.29, 1.82) is 0 Å². The predicted molar refractivity (Wildman–Crippen MR) is 62.7 cm³/mol. The van der Waals surface area contributed by atoms with Crippen LogP contribution < -0.4 is 5.32 Å². The minimum Gasteiger partial charge on any atom is -0.463 e. The first-order valence-corrected chi connectivity index (χ1v) is 5.63. The zero-order valence-corrected chi connectivity index (χ0v) is 10.2. The molecule has 1 aromatic heterocycles. The molecule has 0 atom stereocenters. The monoisotopic (exact) mass is 210 g/mol. The van der Waals surface area contributed by atoms with Crippen LogP contribution in [0.4, 0.5) is 0 Å². The smallest absolute Gasteiger partial charge is 0.118 e. The average molecular weight is 210 g/mol. The number of hydrogen-bond acceptors (Lipinski definition) is 3. The topological polar surface area (TPSA) is 28.4 Å². The second-order valence-electron chi connectivity index (χ2n) is 4.06. The van der Waals surface area contributed by atoms with E-state index in [1.807, 2.05) is 13.1 Å². The van der Waals surface area contributed by atoms with Gasteiger partial charge in [-0.2, -0.15) is 0 Å². The first-order valence-electron chi connectivity index (χ1n) is 5.63. The Hall–Kier alpha value is -0.800. The molecule has 1 heterocycles. The predicted octanol–water partition coefficient (Wildman–Crippen LogP) is 2.23. The number of furan rings is 1. The molecule has 0 radical (unpaired) electrons. The maximum Gasteiger partial charge on any atom is 0.118 e. The maximum atomic E-state index is 5.70. The van der Waals surface area contributed by atoms with Crippen molar-refractivity contribution in [2.75, 3.05) is 13.6 Å². The molecule has 1 rings (SSSR count). The van der Waals surface area contributed by atoms with E-state index in [-0.39, 0.29) is 0 Å². The summed E-state index contributed by atoms with van der Waals surface area (Å²) in [7, 11) is 1.93. The Morgan fingerprint density at radius 3 is 2.53 bits per heavy atom. The molecule has 0 aliphatic carbocycles. The van der Waals surface area contributed by atoms with Gasteiger partial charge in [0.1, 0.15) is 11.5 Å². The molecule has 0 amide bonds. The maximum absolute atomic E-state index is 5.70. The van der Waals surface area contributed by atoms with Gasteiger partial charge in [0.05, 0.1) is 13.1 Å². The quantitative estimate of drug-likeness (QED) is 0.780. The van der Waals surface area contributed by atoms with Gasteiger partial charge in [-0.25, -0.2) is 0 Å². The van der Waals surface area contributed by atoms with Crippen LogP contribution in [0, 0.1) is 0 Å². The standard InChI is InChI=1S/C12H22N2O/c1-5-14(10(2)3)9-12-7-6-11(15-12)8-13-4/h6-7,10,13H,5,8-9H2,1-4H3. The molecule has 1 aromatic rings. The number of nitrogens with one attached hydrogen (secondary N) is 1. The minimum absolute atomic E-state index is 0.563. The summed E-state index contributed by atoms with van der Waals surface area (Å²) in [6.45, 7) is 9.35. The Morgan fingerprint density at radius 2 is 2.00 bits per heavy atom. The fourth-order valence-corrected chi connectivity index (χ4v) is 1.64. The van der Waals surface area contributed by atoms with Gasteiger partial charge in [0.15, 0.2) is 0 Å². The fraction of sp³-hybridized carbons (Fsp3) is 0.667. The van der Waals surface area contributed by atoms with E-state index < -0.39 is 0 Å². The van der Waals surface area contributed by atoms with Crippen LogP contribution in [0.15, 0.2) is 16.5 Å². The summed E-state index contributed by atoms with van der Waals surface area (Å²) in [6.07, 6.45) is 0. The highest BCUT2D eigenvalue weighted by molar-refractivity contribution is 5.07. The van der Waals surface area contributed by atoms with E-state index in [1.54, 1.807) is 0 Å². The van der Waals surface area contributed by atoms with Gasteiger partial charge in [0.2, 0.25) is 0 Å². The van der Waals surface area contributed by atoms with Crippen LogP contribution in [-0.2, 0) is 13.1 Å².